The van der Waals surface area contributed by atoms with E-state index in [-0.39, 0.29) is 0 Å². The fourth-order valence-electron chi connectivity index (χ4n) is 1.83. The Morgan fingerprint density at radius 2 is 1.64 bits per heavy atom. The van der Waals surface area contributed by atoms with Gasteiger partial charge in [0.2, 0.25) is 0 Å². The highest BCUT2D eigenvalue weighted by molar-refractivity contribution is 5.38. The summed E-state index contributed by atoms with van der Waals surface area (Å²) in [6.45, 7) is 12.6. The molecule has 0 radical (unpaired) electrons. The second kappa shape index (κ2) is 4.45. The third kappa shape index (κ3) is 2.47. The molecule has 1 rings (SSSR count). The zero-order valence-corrected chi connectivity index (χ0v) is 9.78. The van der Waals surface area contributed by atoms with Crippen LogP contribution in [0.4, 0.5) is 0 Å². The average Bonchev–Trinajstić information content (AvgIpc) is 2.10. The molecule has 0 aliphatic heterocycles. The molecule has 14 heavy (non-hydrogen) atoms. The number of hydrogen-bond donors (Lipinski definition) is 0. The fourth-order valence-corrected chi connectivity index (χ4v) is 1.83. The Kier molecular flexibility index (Phi) is 3.51. The van der Waals surface area contributed by atoms with Gasteiger partial charge in [0.25, 0.3) is 0 Å². The van der Waals surface area contributed by atoms with Gasteiger partial charge in [0.1, 0.15) is 0 Å². The molecule has 0 amide bonds. The molecule has 0 aliphatic rings. The molecule has 1 aromatic carbocycles. The first-order valence-electron chi connectivity index (χ1n) is 5.28. The Morgan fingerprint density at radius 3 is 2.14 bits per heavy atom. The van der Waals surface area contributed by atoms with E-state index >= 15 is 0 Å². The largest absolute Gasteiger partial charge is 0.0998 e. The van der Waals surface area contributed by atoms with Gasteiger partial charge in [0.15, 0.2) is 0 Å². The van der Waals surface area contributed by atoms with Crippen molar-refractivity contribution in [2.45, 2.75) is 40.5 Å². The molecule has 0 aliphatic carbocycles. The average molecular weight is 188 g/mol. The number of allylic oxidation sites excluding steroid dienone is 1. The van der Waals surface area contributed by atoms with Crippen LogP contribution in [0.3, 0.4) is 0 Å². The molecule has 0 heteroatoms. The predicted molar refractivity (Wildman–Crippen MR) is 63.8 cm³/mol. The van der Waals surface area contributed by atoms with Crippen molar-refractivity contribution in [1.29, 1.82) is 0 Å². The van der Waals surface area contributed by atoms with Gasteiger partial charge in [-0.15, -0.1) is 0 Å². The quantitative estimate of drug-likeness (QED) is 0.629. The first kappa shape index (κ1) is 11.0. The second-order valence-electron chi connectivity index (χ2n) is 4.19. The van der Waals surface area contributed by atoms with E-state index in [1.807, 2.05) is 0 Å². The summed E-state index contributed by atoms with van der Waals surface area (Å²) in [5, 5.41) is 0. The molecule has 0 aromatic heterocycles. The lowest BCUT2D eigenvalue weighted by Gasteiger charge is -2.10. The Morgan fingerprint density at radius 1 is 1.14 bits per heavy atom. The molecule has 1 aromatic rings. The predicted octanol–water partition coefficient (Wildman–Crippen LogP) is 3.98. The van der Waals surface area contributed by atoms with Gasteiger partial charge in [-0.25, -0.2) is 0 Å². The molecule has 0 bridgehead atoms. The molecule has 0 heterocycles. The van der Waals surface area contributed by atoms with Crippen molar-refractivity contribution in [2.75, 3.05) is 0 Å². The minimum atomic E-state index is 1.01. The minimum Gasteiger partial charge on any atom is -0.0998 e. The highest BCUT2D eigenvalue weighted by Gasteiger charge is 2.03. The highest BCUT2D eigenvalue weighted by Crippen LogP contribution is 2.18. The maximum atomic E-state index is 3.96. The highest BCUT2D eigenvalue weighted by atomic mass is 14.1. The van der Waals surface area contributed by atoms with E-state index in [1.165, 1.54) is 27.8 Å². The van der Waals surface area contributed by atoms with Crippen LogP contribution in [0, 0.1) is 13.8 Å². The number of benzene rings is 1. The van der Waals surface area contributed by atoms with E-state index in [9.17, 15) is 0 Å². The molecule has 0 unspecified atom stereocenters. The Labute approximate surface area is 87.7 Å². The summed E-state index contributed by atoms with van der Waals surface area (Å²) in [6.07, 6.45) is 2.14. The third-order valence-electron chi connectivity index (χ3n) is 2.67. The van der Waals surface area contributed by atoms with Crippen molar-refractivity contribution in [1.82, 2.24) is 0 Å². The number of rotatable bonds is 3. The van der Waals surface area contributed by atoms with Crippen LogP contribution in [0.15, 0.2) is 24.3 Å². The fraction of sp³-hybridized carbons (Fsp3) is 0.429. The molecular weight excluding hydrogens is 168 g/mol. The van der Waals surface area contributed by atoms with Gasteiger partial charge in [-0.3, -0.25) is 0 Å². The maximum Gasteiger partial charge on any atom is -0.00698 e. The van der Waals surface area contributed by atoms with Crippen LogP contribution >= 0.6 is 0 Å². The Hall–Kier alpha value is -1.04. The lowest BCUT2D eigenvalue weighted by Crippen LogP contribution is -1.95. The Bertz CT molecular complexity index is 345. The van der Waals surface area contributed by atoms with E-state index in [4.69, 9.17) is 0 Å². The van der Waals surface area contributed by atoms with Crippen LogP contribution in [0.2, 0.25) is 0 Å². The summed E-state index contributed by atoms with van der Waals surface area (Å²) < 4.78 is 0. The summed E-state index contributed by atoms with van der Waals surface area (Å²) in [4.78, 5) is 0. The minimum absolute atomic E-state index is 1.01. The number of hydrogen-bond acceptors (Lipinski definition) is 0. The molecule has 0 saturated heterocycles. The zero-order valence-electron chi connectivity index (χ0n) is 9.78. The van der Waals surface area contributed by atoms with Crippen molar-refractivity contribution in [3.63, 3.8) is 0 Å². The van der Waals surface area contributed by atoms with Crippen molar-refractivity contribution in [2.24, 2.45) is 0 Å². The summed E-state index contributed by atoms with van der Waals surface area (Å²) in [6, 6.07) is 4.62. The molecule has 0 saturated carbocycles. The van der Waals surface area contributed by atoms with Crippen LogP contribution in [0.25, 0.3) is 0 Å². The lowest BCUT2D eigenvalue weighted by atomic mass is 9.95. The van der Waals surface area contributed by atoms with Gasteiger partial charge in [0.05, 0.1) is 0 Å². The second-order valence-corrected chi connectivity index (χ2v) is 4.19. The van der Waals surface area contributed by atoms with Gasteiger partial charge < -0.3 is 0 Å². The monoisotopic (exact) mass is 188 g/mol. The molecule has 0 N–H and O–H groups in total. The third-order valence-corrected chi connectivity index (χ3v) is 2.67. The van der Waals surface area contributed by atoms with Gasteiger partial charge in [-0.2, -0.15) is 0 Å². The normalized spacial score (nSPS) is 10.3. The molecule has 76 valence electrons. The van der Waals surface area contributed by atoms with E-state index in [2.05, 4.69) is 46.4 Å². The Balaban J connectivity index is 3.08. The van der Waals surface area contributed by atoms with Crippen molar-refractivity contribution in [3.05, 3.63) is 46.5 Å². The molecule has 0 fully saturated rings. The first-order valence-corrected chi connectivity index (χ1v) is 5.28. The van der Waals surface area contributed by atoms with Gasteiger partial charge in [-0.1, -0.05) is 31.2 Å². The first-order chi connectivity index (χ1) is 6.54. The van der Waals surface area contributed by atoms with E-state index in [1.54, 1.807) is 0 Å². The summed E-state index contributed by atoms with van der Waals surface area (Å²) in [7, 11) is 0. The van der Waals surface area contributed by atoms with Crippen LogP contribution < -0.4 is 0 Å². The van der Waals surface area contributed by atoms with E-state index < -0.39 is 0 Å². The molecule has 0 nitrogen and oxygen atoms in total. The van der Waals surface area contributed by atoms with Gasteiger partial charge >= 0.3 is 0 Å². The summed E-state index contributed by atoms with van der Waals surface area (Å²) in [5.74, 6) is 0. The topological polar surface area (TPSA) is 0 Å². The lowest BCUT2D eigenvalue weighted by molar-refractivity contribution is 1.06. The van der Waals surface area contributed by atoms with Crippen molar-refractivity contribution in [3.8, 4) is 0 Å². The summed E-state index contributed by atoms with van der Waals surface area (Å²) >= 11 is 0. The number of aryl methyl sites for hydroxylation is 3. The van der Waals surface area contributed by atoms with Crippen LogP contribution in [0.1, 0.15) is 36.1 Å². The van der Waals surface area contributed by atoms with Crippen LogP contribution in [-0.2, 0) is 12.8 Å². The molecular formula is C14H20. The summed E-state index contributed by atoms with van der Waals surface area (Å²) in [5.41, 5.74) is 6.93. The van der Waals surface area contributed by atoms with Crippen LogP contribution in [-0.4, -0.2) is 0 Å². The van der Waals surface area contributed by atoms with Crippen molar-refractivity contribution < 1.29 is 0 Å². The molecule has 0 atom stereocenters. The van der Waals surface area contributed by atoms with E-state index in [0.29, 0.717) is 0 Å². The molecule has 0 spiro atoms. The SMILES string of the molecule is C=C(C)Cc1cc(C)c(CC)cc1C. The van der Waals surface area contributed by atoms with Crippen LogP contribution in [0.5, 0.6) is 0 Å². The smallest absolute Gasteiger partial charge is 0.00698 e. The zero-order chi connectivity index (χ0) is 10.7. The standard InChI is InChI=1S/C14H20/c1-6-13-8-12(5)14(7-10(2)3)9-11(13)4/h8-9H,2,6-7H2,1,3-5H3. The maximum absolute atomic E-state index is 3.96. The van der Waals surface area contributed by atoms with Crippen molar-refractivity contribution >= 4 is 0 Å². The van der Waals surface area contributed by atoms with E-state index in [0.717, 1.165) is 12.8 Å². The van der Waals surface area contributed by atoms with Gasteiger partial charge in [0, 0.05) is 0 Å². The van der Waals surface area contributed by atoms with Gasteiger partial charge in [-0.05, 0) is 55.9 Å².